The van der Waals surface area contributed by atoms with Crippen molar-refractivity contribution in [3.05, 3.63) is 71.4 Å². The number of piperazine rings is 1. The van der Waals surface area contributed by atoms with Gasteiger partial charge in [0.1, 0.15) is 11.8 Å². The van der Waals surface area contributed by atoms with Crippen molar-refractivity contribution >= 4 is 81.9 Å². The zero-order chi connectivity index (χ0) is 69.2. The second-order valence-corrected chi connectivity index (χ2v) is 26.2. The molecule has 3 aromatic rings. The number of amides is 7. The first kappa shape index (κ1) is 75.4. The maximum absolute atomic E-state index is 14.1. The minimum Gasteiger partial charge on any atom is -0.494 e. The quantitative estimate of drug-likeness (QED) is 0.0369. The lowest BCUT2D eigenvalue weighted by atomic mass is 10.1. The summed E-state index contributed by atoms with van der Waals surface area (Å²) in [6, 6.07) is 14.8. The lowest BCUT2D eigenvalue weighted by Gasteiger charge is -2.35. The van der Waals surface area contributed by atoms with Gasteiger partial charge < -0.3 is 45.8 Å². The molecule has 0 spiro atoms. The summed E-state index contributed by atoms with van der Waals surface area (Å²) in [6.45, 7) is 5.37. The molecule has 7 amide bonds. The van der Waals surface area contributed by atoms with Crippen LogP contribution in [-0.2, 0) is 49.6 Å². The van der Waals surface area contributed by atoms with Gasteiger partial charge in [0.05, 0.1) is 68.3 Å². The lowest BCUT2D eigenvalue weighted by Crippen LogP contribution is -2.50. The van der Waals surface area contributed by atoms with Crippen LogP contribution in [0.2, 0.25) is 0 Å². The molecule has 7 rings (SSSR count). The highest BCUT2D eigenvalue weighted by molar-refractivity contribution is 8.00. The number of aryl methyl sites for hydroxylation is 2. The maximum atomic E-state index is 14.1. The van der Waals surface area contributed by atoms with Gasteiger partial charge in [-0.15, -0.1) is 11.8 Å². The Bertz CT molecular complexity index is 3180. The molecule has 2 unspecified atom stereocenters. The molecule has 27 nitrogen and oxygen atoms in total. The standard InChI is InChI=1S/C66H91F2N13O14S/c1-47-12-14-48(15-13-47)8-6-10-56(82)71-19-3-2-9-49(73-57(83)41-75-23-25-76(42-61(87)88)27-29-78(44-63(91)92)30-28-77(26-24-75)43-62(89)90)45-96-55-37-59(85)80(65(55)94)22-7-11-58(84)79-33-31-74(32-34-79)21-4-5-35-95-51-16-17-54-53(36-51)52(18-20-70-54)64(93)72-40-60(86)81-46-66(67,68)38-50(81)39-69/h12-18,20,36,49-50,55H,2-11,19,21-35,37-38,40-46H2,1H3,(H,71,82)(H,72,93)(H,73,83)(H,87,88)(H,89,90)(H,91,92)/t49?,50-,55?/m1/s1. The highest BCUT2D eigenvalue weighted by Gasteiger charge is 2.47. The number of hydrogen-bond acceptors (Lipinski definition) is 19. The lowest BCUT2D eigenvalue weighted by molar-refractivity contribution is -0.140. The minimum absolute atomic E-state index is 0.0412. The van der Waals surface area contributed by atoms with E-state index in [1.165, 1.54) is 34.5 Å². The molecule has 0 saturated carbocycles. The van der Waals surface area contributed by atoms with Gasteiger partial charge in [0.2, 0.25) is 35.4 Å². The van der Waals surface area contributed by atoms with Gasteiger partial charge in [0.25, 0.3) is 11.8 Å². The van der Waals surface area contributed by atoms with Crippen LogP contribution in [0.4, 0.5) is 8.78 Å². The SMILES string of the molecule is Cc1ccc(CCCC(=O)NCCCCC(CSC2CC(=O)N(CCCC(=O)N3CCN(CCCCOc4ccc5nccc(C(=O)NCC(=O)N6CC(F)(F)C[C@@H]6C#N)c5c4)CC3)C2=O)NC(=O)CN2CCN(CC(=O)O)CCN(CC(=O)O)CCN(CC(=O)O)CC2)cc1. The van der Waals surface area contributed by atoms with Crippen LogP contribution < -0.4 is 20.7 Å². The molecule has 2 aromatic carbocycles. The molecule has 5 heterocycles. The van der Waals surface area contributed by atoms with E-state index >= 15 is 0 Å². The zero-order valence-electron chi connectivity index (χ0n) is 54.6. The Balaban J connectivity index is 0.839. The summed E-state index contributed by atoms with van der Waals surface area (Å²) in [5.41, 5.74) is 3.04. The second kappa shape index (κ2) is 38.1. The van der Waals surface area contributed by atoms with Crippen LogP contribution >= 0.6 is 11.8 Å². The number of likely N-dealkylation sites (tertiary alicyclic amines) is 2. The summed E-state index contributed by atoms with van der Waals surface area (Å²) >= 11 is 1.27. The van der Waals surface area contributed by atoms with E-state index in [-0.39, 0.29) is 145 Å². The molecule has 3 atom stereocenters. The number of thioether (sulfide) groups is 1. The van der Waals surface area contributed by atoms with Crippen molar-refractivity contribution in [2.24, 2.45) is 0 Å². The third-order valence-electron chi connectivity index (χ3n) is 17.5. The summed E-state index contributed by atoms with van der Waals surface area (Å²) < 4.78 is 33.9. The number of nitriles is 1. The Morgan fingerprint density at radius 2 is 1.33 bits per heavy atom. The van der Waals surface area contributed by atoms with Crippen molar-refractivity contribution in [3.63, 3.8) is 0 Å². The first-order valence-electron chi connectivity index (χ1n) is 33.0. The van der Waals surface area contributed by atoms with Gasteiger partial charge in [0.15, 0.2) is 0 Å². The number of aromatic nitrogens is 1. The predicted octanol–water partition coefficient (Wildman–Crippen LogP) is 2.25. The molecule has 524 valence electrons. The number of unbranched alkanes of at least 4 members (excludes halogenated alkanes) is 2. The molecule has 0 aliphatic carbocycles. The van der Waals surface area contributed by atoms with Gasteiger partial charge in [0, 0.05) is 141 Å². The van der Waals surface area contributed by atoms with E-state index in [1.54, 1.807) is 43.9 Å². The number of rotatable bonds is 34. The Morgan fingerprint density at radius 3 is 1.96 bits per heavy atom. The van der Waals surface area contributed by atoms with E-state index in [0.717, 1.165) is 29.8 Å². The number of fused-ring (bicyclic) bond motifs is 1. The van der Waals surface area contributed by atoms with Gasteiger partial charge in [-0.05, 0) is 94.7 Å². The van der Waals surface area contributed by atoms with Crippen molar-refractivity contribution in [3.8, 4) is 11.8 Å². The van der Waals surface area contributed by atoms with E-state index in [4.69, 9.17) is 4.74 Å². The average Bonchev–Trinajstić information content (AvgIpc) is 1.22. The van der Waals surface area contributed by atoms with Gasteiger partial charge in [-0.3, -0.25) is 82.3 Å². The Hall–Kier alpha value is -7.95. The molecule has 96 heavy (non-hydrogen) atoms. The van der Waals surface area contributed by atoms with Crippen LogP contribution in [0.3, 0.4) is 0 Å². The smallest absolute Gasteiger partial charge is 0.317 e. The average molecular weight is 1360 g/mol. The number of halogens is 2. The monoisotopic (exact) mass is 1360 g/mol. The normalized spacial score (nSPS) is 19.1. The highest BCUT2D eigenvalue weighted by atomic mass is 32.2. The molecular weight excluding hydrogens is 1270 g/mol. The number of alkyl halides is 2. The van der Waals surface area contributed by atoms with Crippen LogP contribution in [0.1, 0.15) is 92.1 Å². The van der Waals surface area contributed by atoms with E-state index in [0.29, 0.717) is 94.5 Å². The summed E-state index contributed by atoms with van der Waals surface area (Å²) in [4.78, 5) is 146. The third kappa shape index (κ3) is 25.2. The molecule has 4 aliphatic heterocycles. The Kier molecular flexibility index (Phi) is 29.9. The third-order valence-corrected chi connectivity index (χ3v) is 18.8. The summed E-state index contributed by atoms with van der Waals surface area (Å²) in [7, 11) is 0. The number of carbonyl (C=O) groups excluding carboxylic acids is 7. The first-order valence-corrected chi connectivity index (χ1v) is 34.0. The number of carbonyl (C=O) groups is 10. The summed E-state index contributed by atoms with van der Waals surface area (Å²) in [5, 5.41) is 46.6. The number of carboxylic acids is 3. The van der Waals surface area contributed by atoms with Crippen molar-refractivity contribution in [2.75, 3.05) is 150 Å². The zero-order valence-corrected chi connectivity index (χ0v) is 55.5. The maximum Gasteiger partial charge on any atom is 0.317 e. The topological polar surface area (TPSA) is 339 Å². The Morgan fingerprint density at radius 1 is 0.708 bits per heavy atom. The van der Waals surface area contributed by atoms with Crippen molar-refractivity contribution in [1.29, 1.82) is 5.26 Å². The molecule has 0 bridgehead atoms. The van der Waals surface area contributed by atoms with Crippen molar-refractivity contribution in [2.45, 2.75) is 107 Å². The fourth-order valence-electron chi connectivity index (χ4n) is 12.1. The van der Waals surface area contributed by atoms with E-state index in [9.17, 15) is 77.3 Å². The molecule has 0 radical (unpaired) electrons. The summed E-state index contributed by atoms with van der Waals surface area (Å²) in [6.07, 6.45) is 6.15. The van der Waals surface area contributed by atoms with Crippen LogP contribution in [0.5, 0.6) is 5.75 Å². The van der Waals surface area contributed by atoms with Crippen LogP contribution in [0, 0.1) is 18.3 Å². The predicted molar refractivity (Wildman–Crippen MR) is 351 cm³/mol. The molecule has 4 saturated heterocycles. The second-order valence-electron chi connectivity index (χ2n) is 25.0. The number of carboxylic acid groups (broad SMARTS) is 3. The molecule has 1 aromatic heterocycles. The number of nitrogens with zero attached hydrogens (tertiary/aromatic N) is 10. The minimum atomic E-state index is -3.18. The number of aliphatic carboxylic acids is 3. The first-order chi connectivity index (χ1) is 46.0. The molecule has 30 heteroatoms. The molecule has 4 aliphatic rings. The fraction of sp³-hybridized carbons (Fsp3) is 0.606. The number of hydrogen-bond donors (Lipinski definition) is 6. The number of benzene rings is 2. The summed E-state index contributed by atoms with van der Waals surface area (Å²) in [5.74, 6) is -8.20. The van der Waals surface area contributed by atoms with Gasteiger partial charge in [-0.25, -0.2) is 8.78 Å². The molecular formula is C66H91F2N13O14S. The van der Waals surface area contributed by atoms with Crippen molar-refractivity contribution < 1.29 is 76.8 Å². The van der Waals surface area contributed by atoms with Crippen LogP contribution in [0.15, 0.2) is 54.7 Å². The van der Waals surface area contributed by atoms with Gasteiger partial charge in [-0.2, -0.15) is 5.26 Å². The molecule has 6 N–H and O–H groups in total. The fourth-order valence-corrected chi connectivity index (χ4v) is 13.3. The van der Waals surface area contributed by atoms with E-state index in [1.807, 2.05) is 24.0 Å². The van der Waals surface area contributed by atoms with Crippen LogP contribution in [0.25, 0.3) is 10.9 Å². The van der Waals surface area contributed by atoms with E-state index in [2.05, 4.69) is 38.0 Å². The Labute approximate surface area is 562 Å². The van der Waals surface area contributed by atoms with Crippen LogP contribution in [-0.4, -0.2) is 292 Å². The number of ether oxygens (including phenoxy) is 1. The van der Waals surface area contributed by atoms with E-state index < -0.39 is 72.5 Å². The highest BCUT2D eigenvalue weighted by Crippen LogP contribution is 2.32. The largest absolute Gasteiger partial charge is 0.494 e. The van der Waals surface area contributed by atoms with Crippen molar-refractivity contribution in [1.82, 2.24) is 60.1 Å². The number of imide groups is 1. The number of nitrogens with one attached hydrogen (secondary N) is 3. The van der Waals surface area contributed by atoms with Gasteiger partial charge in [-0.1, -0.05) is 29.8 Å². The molecule has 4 fully saturated rings. The number of pyridine rings is 1. The van der Waals surface area contributed by atoms with Gasteiger partial charge >= 0.3 is 17.9 Å².